The number of hydrogen-bond acceptors (Lipinski definition) is 3. The Morgan fingerprint density at radius 3 is 3.00 bits per heavy atom. The zero-order valence-electron chi connectivity index (χ0n) is 10.1. The van der Waals surface area contributed by atoms with Crippen molar-refractivity contribution in [2.24, 2.45) is 0 Å². The van der Waals surface area contributed by atoms with Gasteiger partial charge in [-0.05, 0) is 18.6 Å². The van der Waals surface area contributed by atoms with E-state index in [0.717, 1.165) is 5.56 Å². The summed E-state index contributed by atoms with van der Waals surface area (Å²) in [6.45, 7) is 1.72. The van der Waals surface area contributed by atoms with Crippen LogP contribution in [0.2, 0.25) is 0 Å². The Labute approximate surface area is 113 Å². The van der Waals surface area contributed by atoms with Crippen LogP contribution >= 0.6 is 11.6 Å². The molecule has 0 saturated carbocycles. The van der Waals surface area contributed by atoms with E-state index in [1.165, 1.54) is 6.07 Å². The molecule has 4 nitrogen and oxygen atoms in total. The first kappa shape index (κ1) is 12.0. The molecule has 3 rings (SSSR count). The number of aromatic nitrogens is 4. The molecule has 0 spiro atoms. The molecule has 2 aromatic heterocycles. The van der Waals surface area contributed by atoms with E-state index in [1.807, 2.05) is 6.07 Å². The molecule has 0 aliphatic rings. The summed E-state index contributed by atoms with van der Waals surface area (Å²) in [6.07, 6.45) is 3.30. The molecule has 0 radical (unpaired) electrons. The van der Waals surface area contributed by atoms with Crippen LogP contribution in [0.5, 0.6) is 0 Å². The first-order valence-electron chi connectivity index (χ1n) is 5.72. The van der Waals surface area contributed by atoms with Crippen LogP contribution in [0.25, 0.3) is 17.0 Å². The standard InChI is InChI=1S/C13H10ClFN4/c1-8-10(3-2-4-11(8)15)12-6-16-13-17-9(5-14)7-19(13)18-12/h2-4,6-7H,5H2,1H3. The minimum Gasteiger partial charge on any atom is -0.217 e. The number of fused-ring (bicyclic) bond motifs is 1. The third kappa shape index (κ3) is 2.06. The maximum absolute atomic E-state index is 13.6. The molecule has 0 amide bonds. The molecule has 0 fully saturated rings. The summed E-state index contributed by atoms with van der Waals surface area (Å²) in [5.41, 5.74) is 2.57. The first-order chi connectivity index (χ1) is 9.19. The Hall–Kier alpha value is -2.01. The highest BCUT2D eigenvalue weighted by Crippen LogP contribution is 2.22. The molecule has 3 aromatic rings. The van der Waals surface area contributed by atoms with Crippen molar-refractivity contribution in [3.05, 3.63) is 47.7 Å². The van der Waals surface area contributed by atoms with Gasteiger partial charge < -0.3 is 0 Å². The second-order valence-electron chi connectivity index (χ2n) is 4.17. The Bertz CT molecular complexity index is 753. The second-order valence-corrected chi connectivity index (χ2v) is 4.43. The van der Waals surface area contributed by atoms with Gasteiger partial charge in [-0.1, -0.05) is 12.1 Å². The van der Waals surface area contributed by atoms with Crippen molar-refractivity contribution in [3.8, 4) is 11.3 Å². The van der Waals surface area contributed by atoms with Gasteiger partial charge in [0.15, 0.2) is 0 Å². The molecule has 0 atom stereocenters. The summed E-state index contributed by atoms with van der Waals surface area (Å²) in [4.78, 5) is 8.39. The molecule has 2 heterocycles. The number of imidazole rings is 1. The van der Waals surface area contributed by atoms with Crippen LogP contribution in [0.1, 0.15) is 11.3 Å². The maximum Gasteiger partial charge on any atom is 0.250 e. The molecule has 19 heavy (non-hydrogen) atoms. The van der Waals surface area contributed by atoms with E-state index in [1.54, 1.807) is 29.9 Å². The van der Waals surface area contributed by atoms with Gasteiger partial charge in [0, 0.05) is 5.56 Å². The van der Waals surface area contributed by atoms with Gasteiger partial charge >= 0.3 is 0 Å². The zero-order chi connectivity index (χ0) is 13.4. The van der Waals surface area contributed by atoms with E-state index >= 15 is 0 Å². The van der Waals surface area contributed by atoms with Crippen LogP contribution in [0.4, 0.5) is 4.39 Å². The molecule has 6 heteroatoms. The third-order valence-electron chi connectivity index (χ3n) is 2.92. The lowest BCUT2D eigenvalue weighted by molar-refractivity contribution is 0.619. The predicted octanol–water partition coefficient (Wildman–Crippen LogP) is 2.98. The van der Waals surface area contributed by atoms with Crippen molar-refractivity contribution < 1.29 is 4.39 Å². The van der Waals surface area contributed by atoms with Gasteiger partial charge in [0.05, 0.1) is 24.0 Å². The Balaban J connectivity index is 2.17. The van der Waals surface area contributed by atoms with Crippen molar-refractivity contribution in [1.29, 1.82) is 0 Å². The zero-order valence-corrected chi connectivity index (χ0v) is 10.9. The number of benzene rings is 1. The molecule has 1 aromatic carbocycles. The lowest BCUT2D eigenvalue weighted by Crippen LogP contribution is -1.98. The van der Waals surface area contributed by atoms with Gasteiger partial charge in [0.25, 0.3) is 5.78 Å². The van der Waals surface area contributed by atoms with Gasteiger partial charge in [-0.25, -0.2) is 18.9 Å². The highest BCUT2D eigenvalue weighted by Gasteiger charge is 2.10. The average Bonchev–Trinajstić information content (AvgIpc) is 2.84. The molecule has 0 aliphatic carbocycles. The quantitative estimate of drug-likeness (QED) is 0.676. The Kier molecular flexibility index (Phi) is 2.91. The maximum atomic E-state index is 13.6. The van der Waals surface area contributed by atoms with Crippen LogP contribution in [-0.4, -0.2) is 19.6 Å². The summed E-state index contributed by atoms with van der Waals surface area (Å²) in [6, 6.07) is 4.89. The van der Waals surface area contributed by atoms with Crippen LogP contribution < -0.4 is 0 Å². The van der Waals surface area contributed by atoms with Gasteiger partial charge in [-0.3, -0.25) is 0 Å². The lowest BCUT2D eigenvalue weighted by Gasteiger charge is -2.05. The van der Waals surface area contributed by atoms with Gasteiger partial charge in [0.1, 0.15) is 11.5 Å². The van der Waals surface area contributed by atoms with Crippen molar-refractivity contribution in [2.75, 3.05) is 0 Å². The smallest absolute Gasteiger partial charge is 0.217 e. The number of halogens is 2. The molecule has 0 aliphatic heterocycles. The fourth-order valence-electron chi connectivity index (χ4n) is 1.90. The highest BCUT2D eigenvalue weighted by atomic mass is 35.5. The summed E-state index contributed by atoms with van der Waals surface area (Å²) >= 11 is 5.72. The molecular weight excluding hydrogens is 267 g/mol. The number of rotatable bonds is 2. The molecule has 0 bridgehead atoms. The van der Waals surface area contributed by atoms with E-state index in [2.05, 4.69) is 15.1 Å². The Morgan fingerprint density at radius 1 is 1.37 bits per heavy atom. The summed E-state index contributed by atoms with van der Waals surface area (Å²) < 4.78 is 15.1. The van der Waals surface area contributed by atoms with Crippen LogP contribution in [0.15, 0.2) is 30.6 Å². The topological polar surface area (TPSA) is 43.1 Å². The largest absolute Gasteiger partial charge is 0.250 e. The van der Waals surface area contributed by atoms with Gasteiger partial charge in [-0.2, -0.15) is 5.10 Å². The summed E-state index contributed by atoms with van der Waals surface area (Å²) in [7, 11) is 0. The highest BCUT2D eigenvalue weighted by molar-refractivity contribution is 6.16. The van der Waals surface area contributed by atoms with Crippen molar-refractivity contribution >= 4 is 17.4 Å². The normalized spacial score (nSPS) is 11.1. The van der Waals surface area contributed by atoms with E-state index in [4.69, 9.17) is 11.6 Å². The fraction of sp³-hybridized carbons (Fsp3) is 0.154. The second kappa shape index (κ2) is 4.59. The fourth-order valence-corrected chi connectivity index (χ4v) is 2.03. The monoisotopic (exact) mass is 276 g/mol. The first-order valence-corrected chi connectivity index (χ1v) is 6.25. The van der Waals surface area contributed by atoms with Crippen molar-refractivity contribution in [1.82, 2.24) is 19.6 Å². The molecule has 0 saturated heterocycles. The minimum absolute atomic E-state index is 0.258. The number of nitrogens with zero attached hydrogens (tertiary/aromatic N) is 4. The van der Waals surface area contributed by atoms with E-state index in [-0.39, 0.29) is 5.82 Å². The molecule has 96 valence electrons. The molecular formula is C13H10ClFN4. The summed E-state index contributed by atoms with van der Waals surface area (Å²) in [5.74, 6) is 0.527. The number of alkyl halides is 1. The summed E-state index contributed by atoms with van der Waals surface area (Å²) in [5, 5.41) is 4.38. The van der Waals surface area contributed by atoms with Crippen molar-refractivity contribution in [3.63, 3.8) is 0 Å². The third-order valence-corrected chi connectivity index (χ3v) is 3.19. The minimum atomic E-state index is -0.258. The van der Waals surface area contributed by atoms with E-state index in [0.29, 0.717) is 28.6 Å². The molecule has 0 unspecified atom stereocenters. The van der Waals surface area contributed by atoms with E-state index in [9.17, 15) is 4.39 Å². The van der Waals surface area contributed by atoms with Gasteiger partial charge in [0.2, 0.25) is 0 Å². The van der Waals surface area contributed by atoms with E-state index < -0.39 is 0 Å². The lowest BCUT2D eigenvalue weighted by atomic mass is 10.1. The SMILES string of the molecule is Cc1c(F)cccc1-c1cnc2nc(CCl)cn2n1. The predicted molar refractivity (Wildman–Crippen MR) is 70.5 cm³/mol. The van der Waals surface area contributed by atoms with Crippen molar-refractivity contribution in [2.45, 2.75) is 12.8 Å². The van der Waals surface area contributed by atoms with Gasteiger partial charge in [-0.15, -0.1) is 11.6 Å². The number of hydrogen-bond donors (Lipinski definition) is 0. The average molecular weight is 277 g/mol. The molecule has 0 N–H and O–H groups in total. The van der Waals surface area contributed by atoms with Crippen LogP contribution in [0, 0.1) is 12.7 Å². The Morgan fingerprint density at radius 2 is 2.21 bits per heavy atom. The van der Waals surface area contributed by atoms with Crippen LogP contribution in [-0.2, 0) is 5.88 Å². The van der Waals surface area contributed by atoms with Crippen LogP contribution in [0.3, 0.4) is 0 Å².